The molecule has 6 aliphatic rings. The number of hydrogen-bond acceptors (Lipinski definition) is 9. The summed E-state index contributed by atoms with van der Waals surface area (Å²) in [7, 11) is -3.62. The molecule has 13 nitrogen and oxygen atoms in total. The molecule has 2 N–H and O–H groups in total. The van der Waals surface area contributed by atoms with E-state index in [-0.39, 0.29) is 74.9 Å². The zero-order valence-electron chi connectivity index (χ0n) is 51.3. The molecule has 4 aliphatic heterocycles. The third-order valence-electron chi connectivity index (χ3n) is 17.2. The number of azide groups is 1. The molecule has 0 bridgehead atoms. The van der Waals surface area contributed by atoms with Crippen molar-refractivity contribution in [3.8, 4) is 0 Å². The molecule has 6 fully saturated rings. The lowest BCUT2D eigenvalue weighted by Crippen LogP contribution is -2.43. The maximum Gasteiger partial charge on any atom is 0.328 e. The van der Waals surface area contributed by atoms with Crippen molar-refractivity contribution in [1.82, 2.24) is 5.32 Å². The second-order valence-corrected chi connectivity index (χ2v) is 37.5. The van der Waals surface area contributed by atoms with Gasteiger partial charge in [-0.05, 0) is 173 Å². The van der Waals surface area contributed by atoms with E-state index in [4.69, 9.17) is 38.4 Å². The summed E-state index contributed by atoms with van der Waals surface area (Å²) in [6.45, 7) is 40.6. The molecule has 0 radical (unpaired) electrons. The Balaban J connectivity index is 0.000000275. The third kappa shape index (κ3) is 23.9. The van der Waals surface area contributed by atoms with Crippen LogP contribution in [0, 0.1) is 11.8 Å². The molecule has 15 heteroatoms. The highest BCUT2D eigenvalue weighted by molar-refractivity contribution is 6.74. The molecule has 0 aromatic rings. The maximum atomic E-state index is 12.5. The molecule has 4 saturated heterocycles. The van der Waals surface area contributed by atoms with Crippen LogP contribution in [0.1, 0.15) is 187 Å². The predicted octanol–water partition coefficient (Wildman–Crippen LogP) is 15.8. The Bertz CT molecular complexity index is 2140. The average Bonchev–Trinajstić information content (AvgIpc) is 4.24. The van der Waals surface area contributed by atoms with Gasteiger partial charge in [0.1, 0.15) is 0 Å². The Morgan fingerprint density at radius 3 is 1.44 bits per heavy atom. The lowest BCUT2D eigenvalue weighted by molar-refractivity contribution is -0.131. The van der Waals surface area contributed by atoms with Crippen molar-refractivity contribution in [2.24, 2.45) is 17.0 Å². The first-order valence-electron chi connectivity index (χ1n) is 29.2. The van der Waals surface area contributed by atoms with Gasteiger partial charge >= 0.3 is 5.97 Å². The normalized spacial score (nSPS) is 30.6. The van der Waals surface area contributed by atoms with Gasteiger partial charge in [0, 0.05) is 54.8 Å². The summed E-state index contributed by atoms with van der Waals surface area (Å²) in [6, 6.07) is 0.494. The molecule has 6 rings (SSSR count). The summed E-state index contributed by atoms with van der Waals surface area (Å²) in [5.41, 5.74) is 11.0. The number of carboxylic acid groups (broad SMARTS) is 1. The van der Waals surface area contributed by atoms with E-state index in [0.29, 0.717) is 5.92 Å². The number of carbonyl (C=O) groups excluding carboxylic acids is 1. The SMILES string of the molecule is CC(/C=C/[C@@H]1C[C@]2(CO2)CC(C)(C)O1)=C\CC1CCC(N=[N+]=[N-])CC1.CC(/C=C/[C@@H]1C[C@]2(CO2)CC(C)(C)O1)=C\CC1CCC(NC(=O)/C=C\[C@H](C)O[Si](C)(C)C(C)(C)C)CC1.C[C@@H](/C=C\C(=O)O)O[Si](C)(C)C(C)(C)C. The number of amides is 1. The monoisotopic (exact) mass is 1110 g/mol. The van der Waals surface area contributed by atoms with E-state index in [0.717, 1.165) is 115 Å². The molecule has 0 aromatic carbocycles. The summed E-state index contributed by atoms with van der Waals surface area (Å²) in [5.74, 6) is 0.488. The number of ether oxygens (including phenoxy) is 4. The van der Waals surface area contributed by atoms with Crippen molar-refractivity contribution in [3.63, 3.8) is 0 Å². The van der Waals surface area contributed by atoms with Gasteiger partial charge in [0.2, 0.25) is 5.91 Å². The van der Waals surface area contributed by atoms with E-state index in [2.05, 4.69) is 161 Å². The van der Waals surface area contributed by atoms with E-state index in [1.807, 2.05) is 19.9 Å². The van der Waals surface area contributed by atoms with Gasteiger partial charge in [-0.1, -0.05) is 106 Å². The van der Waals surface area contributed by atoms with Crippen molar-refractivity contribution in [1.29, 1.82) is 0 Å². The van der Waals surface area contributed by atoms with Gasteiger partial charge in [0.15, 0.2) is 16.6 Å². The Morgan fingerprint density at radius 1 is 0.688 bits per heavy atom. The van der Waals surface area contributed by atoms with Crippen LogP contribution < -0.4 is 5.32 Å². The number of nitrogens with zero attached hydrogens (tertiary/aromatic N) is 3. The van der Waals surface area contributed by atoms with Gasteiger partial charge in [-0.25, -0.2) is 4.79 Å². The van der Waals surface area contributed by atoms with Gasteiger partial charge in [0.25, 0.3) is 0 Å². The standard InChI is InChI=1S/C31H53NO4Si.C20H31N3O2.C11H22O3Si/c1-23(11-18-27-20-31(22-34-31)21-30(6,7)35-27)10-13-25-14-16-26(17-15-25)32-28(33)19-12-24(2)36-37(8,9)29(3,4)5;1-15(4-6-16-7-9-17(10-8-16)22-23-21)5-11-18-12-20(14-24-20)13-19(2,3)25-18;1-9(7-8-10(12)13)14-15(5,6)11(2,3)4/h10-12,18-19,24-27H,13-17,20-22H2,1-9H3,(H,32,33);4-5,11,16-18H,6-10,12-14H2,1-3H3;7-9H,1-6H3,(H,12,13)/b18-11+,19-12-,23-10+;11-5+,15-4+;8-7-/t24-,25?,26?,27+,31+;16?,17?,18-,20-;9-/m010/s1. The Labute approximate surface area is 468 Å². The minimum absolute atomic E-state index is 0.00138. The fraction of sp³-hybridized carbons (Fsp3) is 0.774. The lowest BCUT2D eigenvalue weighted by atomic mass is 9.83. The number of allylic oxidation sites excluding steroid dienone is 6. The highest BCUT2D eigenvalue weighted by atomic mass is 28.4. The number of epoxide rings is 2. The van der Waals surface area contributed by atoms with E-state index >= 15 is 0 Å². The number of rotatable bonds is 18. The van der Waals surface area contributed by atoms with Crippen LogP contribution >= 0.6 is 0 Å². The molecule has 2 spiro atoms. The van der Waals surface area contributed by atoms with Crippen molar-refractivity contribution in [3.05, 3.63) is 82.3 Å². The average molecular weight is 1110 g/mol. The fourth-order valence-electron chi connectivity index (χ4n) is 10.8. The van der Waals surface area contributed by atoms with Crippen LogP contribution in [0.4, 0.5) is 0 Å². The second kappa shape index (κ2) is 28.0. The number of hydrogen-bond donors (Lipinski definition) is 2. The third-order valence-corrected chi connectivity index (χ3v) is 26.4. The van der Waals surface area contributed by atoms with Crippen LogP contribution in [0.15, 0.2) is 77.0 Å². The van der Waals surface area contributed by atoms with Crippen molar-refractivity contribution in [2.75, 3.05) is 13.2 Å². The van der Waals surface area contributed by atoms with Gasteiger partial charge < -0.3 is 38.2 Å². The minimum Gasteiger partial charge on any atom is -0.478 e. The first-order valence-corrected chi connectivity index (χ1v) is 35.0. The summed E-state index contributed by atoms with van der Waals surface area (Å²) in [6.07, 6.45) is 34.9. The number of nitrogens with one attached hydrogen (secondary N) is 1. The van der Waals surface area contributed by atoms with Gasteiger partial charge in [-0.3, -0.25) is 4.79 Å². The highest BCUT2D eigenvalue weighted by Gasteiger charge is 2.54. The summed E-state index contributed by atoms with van der Waals surface area (Å²) >= 11 is 0. The van der Waals surface area contributed by atoms with E-state index in [1.165, 1.54) is 11.1 Å². The largest absolute Gasteiger partial charge is 0.478 e. The quantitative estimate of drug-likeness (QED) is 0.0257. The molecule has 436 valence electrons. The van der Waals surface area contributed by atoms with E-state index in [9.17, 15) is 9.59 Å². The zero-order chi connectivity index (χ0) is 57.7. The topological polar surface area (TPSA) is 177 Å². The smallest absolute Gasteiger partial charge is 0.328 e. The molecule has 0 aromatic heterocycles. The summed E-state index contributed by atoms with van der Waals surface area (Å²) in [5, 5.41) is 15.9. The molecule has 0 unspecified atom stereocenters. The van der Waals surface area contributed by atoms with Crippen molar-refractivity contribution < 1.29 is 42.5 Å². The molecule has 77 heavy (non-hydrogen) atoms. The predicted molar refractivity (Wildman–Crippen MR) is 319 cm³/mol. The van der Waals surface area contributed by atoms with Crippen LogP contribution in [0.2, 0.25) is 36.3 Å². The molecule has 4 heterocycles. The van der Waals surface area contributed by atoms with Crippen molar-refractivity contribution >= 4 is 28.5 Å². The fourth-order valence-corrected chi connectivity index (χ4v) is 13.5. The molecule has 2 saturated carbocycles. The zero-order valence-corrected chi connectivity index (χ0v) is 53.3. The minimum atomic E-state index is -1.83. The van der Waals surface area contributed by atoms with Crippen molar-refractivity contribution in [2.45, 2.75) is 282 Å². The second-order valence-electron chi connectivity index (χ2n) is 28.0. The van der Waals surface area contributed by atoms with Crippen LogP contribution in [0.5, 0.6) is 0 Å². The number of aliphatic carboxylic acids is 1. The molecular formula is C62H106N4O9Si2. The first-order chi connectivity index (χ1) is 35.5. The van der Waals surface area contributed by atoms with E-state index < -0.39 is 22.6 Å². The molecule has 1 amide bonds. The summed E-state index contributed by atoms with van der Waals surface area (Å²) in [4.78, 5) is 25.8. The Morgan fingerprint density at radius 2 is 1.08 bits per heavy atom. The first kappa shape index (κ1) is 66.4. The number of carbonyl (C=O) groups is 2. The van der Waals surface area contributed by atoms with Crippen LogP contribution in [0.3, 0.4) is 0 Å². The lowest BCUT2D eigenvalue weighted by Gasteiger charge is -2.38. The molecular weight excluding hydrogens is 1000 g/mol. The molecule has 6 atom stereocenters. The maximum absolute atomic E-state index is 12.5. The Kier molecular flexibility index (Phi) is 24.2. The van der Waals surface area contributed by atoms with E-state index in [1.54, 1.807) is 12.2 Å². The van der Waals surface area contributed by atoms with Gasteiger partial charge in [-0.2, -0.15) is 0 Å². The summed E-state index contributed by atoms with van der Waals surface area (Å²) < 4.78 is 36.2. The highest BCUT2D eigenvalue weighted by Crippen LogP contribution is 2.47. The van der Waals surface area contributed by atoms with Gasteiger partial charge in [-0.15, -0.1) is 0 Å². The van der Waals surface area contributed by atoms with Crippen LogP contribution in [-0.2, 0) is 37.4 Å². The van der Waals surface area contributed by atoms with Crippen LogP contribution in [-0.4, -0.2) is 106 Å². The van der Waals surface area contributed by atoms with Crippen LogP contribution in [0.25, 0.3) is 10.4 Å². The van der Waals surface area contributed by atoms with Gasteiger partial charge in [0.05, 0.1) is 60.0 Å². The Hall–Kier alpha value is -3.12. The molecule has 2 aliphatic carbocycles. The number of carboxylic acids is 1.